The van der Waals surface area contributed by atoms with Gasteiger partial charge in [-0.2, -0.15) is 5.10 Å². The first-order valence-electron chi connectivity index (χ1n) is 7.57. The van der Waals surface area contributed by atoms with Gasteiger partial charge in [0.25, 0.3) is 5.91 Å². The summed E-state index contributed by atoms with van der Waals surface area (Å²) in [5.74, 6) is -1.88. The van der Waals surface area contributed by atoms with E-state index in [1.807, 2.05) is 0 Å². The lowest BCUT2D eigenvalue weighted by Gasteiger charge is -2.28. The Morgan fingerprint density at radius 2 is 2.00 bits per heavy atom. The number of carboxylic acids is 1. The first-order chi connectivity index (χ1) is 11.8. The van der Waals surface area contributed by atoms with Gasteiger partial charge in [0.1, 0.15) is 11.6 Å². The van der Waals surface area contributed by atoms with Crippen molar-refractivity contribution in [3.63, 3.8) is 0 Å². The Hall–Kier alpha value is -3.23. The number of nitrogens with zero attached hydrogens (tertiary/aromatic N) is 3. The molecule has 0 saturated heterocycles. The third-order valence-corrected chi connectivity index (χ3v) is 4.11. The zero-order valence-electron chi connectivity index (χ0n) is 13.8. The minimum absolute atomic E-state index is 0.213. The van der Waals surface area contributed by atoms with Gasteiger partial charge in [-0.15, -0.1) is 0 Å². The molecule has 9 nitrogen and oxygen atoms in total. The minimum Gasteiger partial charge on any atom is -0.481 e. The standard InChI is InChI=1S/C16H18N4O5/c1-3-16(15(22)23,11-7-5-4-6-8-11)10-17-14(21)13-12(20(24)25)9-19(2)18-13/h4-9H,3,10H2,1-2H3,(H,17,21)(H,22,23). The molecule has 25 heavy (non-hydrogen) atoms. The predicted octanol–water partition coefficient (Wildman–Crippen LogP) is 1.49. The number of aliphatic carboxylic acids is 1. The number of carbonyl (C=O) groups is 2. The third kappa shape index (κ3) is 3.49. The lowest BCUT2D eigenvalue weighted by molar-refractivity contribution is -0.385. The number of nitrogens with one attached hydrogen (secondary N) is 1. The molecule has 0 bridgehead atoms. The van der Waals surface area contributed by atoms with Crippen LogP contribution in [-0.2, 0) is 17.3 Å². The molecule has 0 fully saturated rings. The molecule has 2 rings (SSSR count). The maximum atomic E-state index is 12.3. The van der Waals surface area contributed by atoms with Gasteiger partial charge in [-0.25, -0.2) is 0 Å². The van der Waals surface area contributed by atoms with E-state index in [1.54, 1.807) is 37.3 Å². The monoisotopic (exact) mass is 346 g/mol. The maximum Gasteiger partial charge on any atom is 0.320 e. The van der Waals surface area contributed by atoms with Gasteiger partial charge in [0.2, 0.25) is 5.69 Å². The first-order valence-corrected chi connectivity index (χ1v) is 7.57. The molecule has 0 aliphatic heterocycles. The molecule has 1 amide bonds. The fraction of sp³-hybridized carbons (Fsp3) is 0.312. The molecule has 1 aromatic heterocycles. The van der Waals surface area contributed by atoms with Crippen LogP contribution < -0.4 is 5.32 Å². The van der Waals surface area contributed by atoms with E-state index in [0.717, 1.165) is 10.9 Å². The summed E-state index contributed by atoms with van der Waals surface area (Å²) in [6.45, 7) is 1.49. The Kier molecular flexibility index (Phi) is 5.16. The van der Waals surface area contributed by atoms with Crippen molar-refractivity contribution in [2.45, 2.75) is 18.8 Å². The molecule has 0 aliphatic rings. The molecule has 1 atom stereocenters. The zero-order valence-corrected chi connectivity index (χ0v) is 13.8. The lowest BCUT2D eigenvalue weighted by Crippen LogP contribution is -2.46. The zero-order chi connectivity index (χ0) is 18.6. The van der Waals surface area contributed by atoms with Crippen molar-refractivity contribution in [1.29, 1.82) is 0 Å². The van der Waals surface area contributed by atoms with Gasteiger partial charge in [0, 0.05) is 13.6 Å². The summed E-state index contributed by atoms with van der Waals surface area (Å²) in [6.07, 6.45) is 1.35. The number of carbonyl (C=O) groups excluding carboxylic acids is 1. The molecule has 0 spiro atoms. The summed E-state index contributed by atoms with van der Waals surface area (Å²) in [4.78, 5) is 34.5. The fourth-order valence-electron chi connectivity index (χ4n) is 2.62. The molecule has 0 saturated carbocycles. The van der Waals surface area contributed by atoms with Crippen LogP contribution >= 0.6 is 0 Å². The summed E-state index contributed by atoms with van der Waals surface area (Å²) >= 11 is 0. The van der Waals surface area contributed by atoms with Gasteiger partial charge >= 0.3 is 11.7 Å². The van der Waals surface area contributed by atoms with Crippen molar-refractivity contribution in [2.24, 2.45) is 7.05 Å². The number of rotatable bonds is 7. The van der Waals surface area contributed by atoms with E-state index < -0.39 is 27.9 Å². The SMILES string of the molecule is CCC(CNC(=O)c1nn(C)cc1[N+](=O)[O-])(C(=O)O)c1ccccc1. The Bertz CT molecular complexity index is 802. The molecule has 0 radical (unpaired) electrons. The van der Waals surface area contributed by atoms with Crippen LogP contribution in [0.5, 0.6) is 0 Å². The van der Waals surface area contributed by atoms with Crippen LogP contribution in [0.25, 0.3) is 0 Å². The van der Waals surface area contributed by atoms with Gasteiger partial charge in [-0.3, -0.25) is 24.4 Å². The topological polar surface area (TPSA) is 127 Å². The second-order valence-electron chi connectivity index (χ2n) is 5.58. The minimum atomic E-state index is -1.33. The van der Waals surface area contributed by atoms with E-state index in [-0.39, 0.29) is 18.7 Å². The van der Waals surface area contributed by atoms with Crippen LogP contribution in [0.3, 0.4) is 0 Å². The highest BCUT2D eigenvalue weighted by molar-refractivity contribution is 5.96. The smallest absolute Gasteiger partial charge is 0.320 e. The van der Waals surface area contributed by atoms with Crippen LogP contribution in [-0.4, -0.2) is 38.2 Å². The van der Waals surface area contributed by atoms with E-state index in [1.165, 1.54) is 7.05 Å². The molecule has 2 aromatic rings. The predicted molar refractivity (Wildman–Crippen MR) is 88.2 cm³/mol. The average molecular weight is 346 g/mol. The number of amides is 1. The van der Waals surface area contributed by atoms with Gasteiger partial charge in [-0.05, 0) is 12.0 Å². The maximum absolute atomic E-state index is 12.3. The highest BCUT2D eigenvalue weighted by Crippen LogP contribution is 2.28. The molecule has 1 unspecified atom stereocenters. The van der Waals surface area contributed by atoms with E-state index in [0.29, 0.717) is 5.56 Å². The Morgan fingerprint density at radius 1 is 1.36 bits per heavy atom. The van der Waals surface area contributed by atoms with Gasteiger partial charge in [-0.1, -0.05) is 37.3 Å². The lowest BCUT2D eigenvalue weighted by atomic mass is 9.78. The summed E-state index contributed by atoms with van der Waals surface area (Å²) in [5.41, 5.74) is -1.57. The number of hydrogen-bond acceptors (Lipinski definition) is 5. The summed E-state index contributed by atoms with van der Waals surface area (Å²) in [7, 11) is 1.46. The molecule has 9 heteroatoms. The van der Waals surface area contributed by atoms with Crippen LogP contribution in [0.4, 0.5) is 5.69 Å². The highest BCUT2D eigenvalue weighted by Gasteiger charge is 2.39. The second kappa shape index (κ2) is 7.12. The molecule has 1 heterocycles. The molecule has 132 valence electrons. The van der Waals surface area contributed by atoms with Crippen molar-refractivity contribution in [2.75, 3.05) is 6.54 Å². The number of nitro groups is 1. The van der Waals surface area contributed by atoms with E-state index in [2.05, 4.69) is 10.4 Å². The average Bonchev–Trinajstić information content (AvgIpc) is 2.98. The van der Waals surface area contributed by atoms with Gasteiger partial charge in [0.15, 0.2) is 0 Å². The summed E-state index contributed by atoms with van der Waals surface area (Å²) < 4.78 is 1.16. The molecular weight excluding hydrogens is 328 g/mol. The van der Waals surface area contributed by atoms with Crippen molar-refractivity contribution >= 4 is 17.6 Å². The number of carboxylic acid groups (broad SMARTS) is 1. The largest absolute Gasteiger partial charge is 0.481 e. The fourth-order valence-corrected chi connectivity index (χ4v) is 2.62. The van der Waals surface area contributed by atoms with Gasteiger partial charge < -0.3 is 10.4 Å². The molecular formula is C16H18N4O5. The van der Waals surface area contributed by atoms with Crippen molar-refractivity contribution in [3.05, 3.63) is 57.9 Å². The van der Waals surface area contributed by atoms with Crippen LogP contribution in [0.1, 0.15) is 29.4 Å². The Labute approximate surface area is 143 Å². The Morgan fingerprint density at radius 3 is 2.52 bits per heavy atom. The normalized spacial score (nSPS) is 13.0. The summed E-state index contributed by atoms with van der Waals surface area (Å²) in [5, 5.41) is 27.0. The second-order valence-corrected chi connectivity index (χ2v) is 5.58. The first kappa shape index (κ1) is 18.1. The van der Waals surface area contributed by atoms with E-state index in [9.17, 15) is 24.8 Å². The van der Waals surface area contributed by atoms with Crippen LogP contribution in [0, 0.1) is 10.1 Å². The van der Waals surface area contributed by atoms with E-state index in [4.69, 9.17) is 0 Å². The van der Waals surface area contributed by atoms with Crippen LogP contribution in [0.2, 0.25) is 0 Å². The van der Waals surface area contributed by atoms with Crippen molar-refractivity contribution < 1.29 is 19.6 Å². The van der Waals surface area contributed by atoms with Gasteiger partial charge in [0.05, 0.1) is 4.92 Å². The summed E-state index contributed by atoms with van der Waals surface area (Å²) in [6, 6.07) is 8.55. The molecule has 1 aromatic carbocycles. The number of benzene rings is 1. The van der Waals surface area contributed by atoms with Crippen LogP contribution in [0.15, 0.2) is 36.5 Å². The number of aryl methyl sites for hydroxylation is 1. The Balaban J connectivity index is 2.29. The van der Waals surface area contributed by atoms with Crippen molar-refractivity contribution in [3.8, 4) is 0 Å². The quantitative estimate of drug-likeness (QED) is 0.577. The third-order valence-electron chi connectivity index (χ3n) is 4.11. The molecule has 2 N–H and O–H groups in total. The number of hydrogen-bond donors (Lipinski definition) is 2. The van der Waals surface area contributed by atoms with Crippen molar-refractivity contribution in [1.82, 2.24) is 15.1 Å². The molecule has 0 aliphatic carbocycles. The highest BCUT2D eigenvalue weighted by atomic mass is 16.6. The van der Waals surface area contributed by atoms with E-state index >= 15 is 0 Å². The number of aromatic nitrogens is 2.